The van der Waals surface area contributed by atoms with Crippen LogP contribution in [0.5, 0.6) is 0 Å². The monoisotopic (exact) mass is 562 g/mol. The summed E-state index contributed by atoms with van der Waals surface area (Å²) in [5.74, 6) is 13.8. The zero-order chi connectivity index (χ0) is 30.0. The van der Waals surface area contributed by atoms with Crippen molar-refractivity contribution in [3.05, 3.63) is 131 Å². The van der Waals surface area contributed by atoms with E-state index in [1.807, 2.05) is 36.4 Å². The first-order valence-electron chi connectivity index (χ1n) is 15.7. The van der Waals surface area contributed by atoms with Gasteiger partial charge in [-0.15, -0.1) is 11.8 Å². The molecule has 0 bridgehead atoms. The van der Waals surface area contributed by atoms with Gasteiger partial charge in [0.1, 0.15) is 6.01 Å². The Morgan fingerprint density at radius 1 is 0.488 bits per heavy atom. The van der Waals surface area contributed by atoms with Crippen molar-refractivity contribution in [3.8, 4) is 23.7 Å². The second-order valence-corrected chi connectivity index (χ2v) is 10.7. The smallest absolute Gasteiger partial charge is 0.100 e. The number of hydrogen-bond donors (Lipinski definition) is 0. The number of para-hydroxylation sites is 2. The Kier molecular flexibility index (Phi) is 13.1. The molecule has 2 heteroatoms. The highest BCUT2D eigenvalue weighted by Gasteiger charge is 2.16. The van der Waals surface area contributed by atoms with Crippen LogP contribution in [-0.4, -0.2) is 6.01 Å². The van der Waals surface area contributed by atoms with Crippen molar-refractivity contribution in [1.82, 2.24) is 0 Å². The SMILES string of the molecule is CCCCCC#CC(c1ccccc1)c1ccccc1N=C=Nc1ccccc1C(C#CCCCCC)c1ccccc1. The summed E-state index contributed by atoms with van der Waals surface area (Å²) < 4.78 is 0. The second kappa shape index (κ2) is 18.0. The molecule has 4 aromatic carbocycles. The molecule has 0 amide bonds. The number of aliphatic imine (C=N–C) groups is 2. The molecular weight excluding hydrogens is 520 g/mol. The summed E-state index contributed by atoms with van der Waals surface area (Å²) in [7, 11) is 0. The van der Waals surface area contributed by atoms with Gasteiger partial charge in [-0.1, -0.05) is 148 Å². The average molecular weight is 563 g/mol. The maximum Gasteiger partial charge on any atom is 0.100 e. The summed E-state index contributed by atoms with van der Waals surface area (Å²) in [6.45, 7) is 4.44. The van der Waals surface area contributed by atoms with Crippen LogP contribution in [0.1, 0.15) is 99.3 Å². The first-order valence-corrected chi connectivity index (χ1v) is 15.7. The zero-order valence-electron chi connectivity index (χ0n) is 25.6. The lowest BCUT2D eigenvalue weighted by Gasteiger charge is -2.14. The summed E-state index contributed by atoms with van der Waals surface area (Å²) in [5.41, 5.74) is 6.12. The second-order valence-electron chi connectivity index (χ2n) is 10.7. The van der Waals surface area contributed by atoms with Crippen molar-refractivity contribution >= 4 is 17.4 Å². The lowest BCUT2D eigenvalue weighted by molar-refractivity contribution is 0.736. The number of benzene rings is 4. The van der Waals surface area contributed by atoms with E-state index in [-0.39, 0.29) is 11.8 Å². The molecule has 0 heterocycles. The first kappa shape index (κ1) is 31.3. The fraction of sp³-hybridized carbons (Fsp3) is 0.293. The van der Waals surface area contributed by atoms with Crippen LogP contribution >= 0.6 is 0 Å². The van der Waals surface area contributed by atoms with Crippen molar-refractivity contribution in [2.45, 2.75) is 77.0 Å². The summed E-state index contributed by atoms with van der Waals surface area (Å²) in [4.78, 5) is 9.51. The lowest BCUT2D eigenvalue weighted by atomic mass is 9.90. The van der Waals surface area contributed by atoms with Crippen molar-refractivity contribution in [3.63, 3.8) is 0 Å². The third kappa shape index (κ3) is 9.72. The Morgan fingerprint density at radius 2 is 0.884 bits per heavy atom. The molecular formula is C41H42N2. The Morgan fingerprint density at radius 3 is 1.30 bits per heavy atom. The summed E-state index contributed by atoms with van der Waals surface area (Å²) in [6, 6.07) is 40.4. The standard InChI is InChI=1S/C41H42N2/c1-3-5-7-9-17-27-36(34-23-13-11-14-24-34)38-29-19-21-31-40(38)42-33-43-41-32-22-20-30-39(41)37(28-18-10-8-6-4-2)35-25-15-12-16-26-35/h11-16,19-26,29-32,36-37H,3-10H2,1-2H3. The molecule has 2 unspecified atom stereocenters. The normalized spacial score (nSPS) is 11.6. The third-order valence-electron chi connectivity index (χ3n) is 7.41. The summed E-state index contributed by atoms with van der Waals surface area (Å²) >= 11 is 0. The highest BCUT2D eigenvalue weighted by molar-refractivity contribution is 5.65. The molecule has 2 nitrogen and oxygen atoms in total. The quantitative estimate of drug-likeness (QED) is 0.0932. The third-order valence-corrected chi connectivity index (χ3v) is 7.41. The molecule has 4 aromatic rings. The predicted octanol–water partition coefficient (Wildman–Crippen LogP) is 11.3. The minimum atomic E-state index is -0.0673. The molecule has 0 spiro atoms. The fourth-order valence-electron chi connectivity index (χ4n) is 5.05. The topological polar surface area (TPSA) is 24.7 Å². The van der Waals surface area contributed by atoms with Gasteiger partial charge in [-0.2, -0.15) is 9.98 Å². The number of nitrogens with zero attached hydrogens (tertiary/aromatic N) is 2. The van der Waals surface area contributed by atoms with E-state index in [2.05, 4.69) is 116 Å². The van der Waals surface area contributed by atoms with E-state index >= 15 is 0 Å². The molecule has 0 aromatic heterocycles. The van der Waals surface area contributed by atoms with Crippen LogP contribution in [0.2, 0.25) is 0 Å². The molecule has 43 heavy (non-hydrogen) atoms. The van der Waals surface area contributed by atoms with Gasteiger partial charge in [0, 0.05) is 12.8 Å². The molecule has 0 aliphatic heterocycles. The Balaban J connectivity index is 1.68. The van der Waals surface area contributed by atoms with E-state index in [9.17, 15) is 0 Å². The van der Waals surface area contributed by atoms with E-state index in [1.54, 1.807) is 0 Å². The van der Waals surface area contributed by atoms with Crippen molar-refractivity contribution in [2.75, 3.05) is 0 Å². The van der Waals surface area contributed by atoms with E-state index in [1.165, 1.54) is 36.8 Å². The maximum absolute atomic E-state index is 4.75. The molecule has 0 saturated carbocycles. The van der Waals surface area contributed by atoms with Crippen LogP contribution in [0.4, 0.5) is 11.4 Å². The van der Waals surface area contributed by atoms with Crippen molar-refractivity contribution in [1.29, 1.82) is 0 Å². The van der Waals surface area contributed by atoms with Gasteiger partial charge in [-0.25, -0.2) is 0 Å². The van der Waals surface area contributed by atoms with Gasteiger partial charge in [-0.05, 0) is 47.2 Å². The molecule has 0 aliphatic carbocycles. The molecule has 216 valence electrons. The van der Waals surface area contributed by atoms with Gasteiger partial charge in [0.15, 0.2) is 0 Å². The molecule has 0 aliphatic rings. The van der Waals surface area contributed by atoms with Crippen LogP contribution in [0.3, 0.4) is 0 Å². The molecule has 0 fully saturated rings. The molecule has 0 N–H and O–H groups in total. The minimum Gasteiger partial charge on any atom is -0.187 e. The number of hydrogen-bond acceptors (Lipinski definition) is 2. The highest BCUT2D eigenvalue weighted by Crippen LogP contribution is 2.33. The van der Waals surface area contributed by atoms with Crippen LogP contribution in [0, 0.1) is 23.7 Å². The van der Waals surface area contributed by atoms with E-state index in [4.69, 9.17) is 9.98 Å². The van der Waals surface area contributed by atoms with Gasteiger partial charge in [-0.3, -0.25) is 0 Å². The van der Waals surface area contributed by atoms with Gasteiger partial charge in [0.05, 0.1) is 23.2 Å². The van der Waals surface area contributed by atoms with Gasteiger partial charge in [0.25, 0.3) is 0 Å². The van der Waals surface area contributed by atoms with Crippen molar-refractivity contribution < 1.29 is 0 Å². The number of unbranched alkanes of at least 4 members (excludes halogenated alkanes) is 6. The maximum atomic E-state index is 4.75. The zero-order valence-corrected chi connectivity index (χ0v) is 25.6. The highest BCUT2D eigenvalue weighted by atomic mass is 14.8. The van der Waals surface area contributed by atoms with E-state index in [0.29, 0.717) is 0 Å². The van der Waals surface area contributed by atoms with Gasteiger partial charge >= 0.3 is 0 Å². The minimum absolute atomic E-state index is 0.0673. The Bertz CT molecular complexity index is 1470. The Hall–Kier alpha value is -4.62. The predicted molar refractivity (Wildman–Crippen MR) is 182 cm³/mol. The van der Waals surface area contributed by atoms with Crippen LogP contribution in [0.15, 0.2) is 119 Å². The van der Waals surface area contributed by atoms with E-state index < -0.39 is 0 Å². The Labute approximate surface area is 259 Å². The lowest BCUT2D eigenvalue weighted by Crippen LogP contribution is -1.99. The molecule has 0 saturated heterocycles. The summed E-state index contributed by atoms with van der Waals surface area (Å²) in [6.07, 6.45) is 8.88. The summed E-state index contributed by atoms with van der Waals surface area (Å²) in [5, 5.41) is 0. The number of rotatable bonds is 12. The first-order chi connectivity index (χ1) is 21.3. The fourth-order valence-corrected chi connectivity index (χ4v) is 5.05. The largest absolute Gasteiger partial charge is 0.187 e. The van der Waals surface area contributed by atoms with Gasteiger partial charge < -0.3 is 0 Å². The molecule has 4 rings (SSSR count). The molecule has 0 radical (unpaired) electrons. The van der Waals surface area contributed by atoms with Crippen LogP contribution in [0.25, 0.3) is 0 Å². The van der Waals surface area contributed by atoms with Crippen LogP contribution < -0.4 is 0 Å². The van der Waals surface area contributed by atoms with Crippen molar-refractivity contribution in [2.24, 2.45) is 9.98 Å². The molecule has 2 atom stereocenters. The van der Waals surface area contributed by atoms with E-state index in [0.717, 1.165) is 48.2 Å². The average Bonchev–Trinajstić information content (AvgIpc) is 3.06. The van der Waals surface area contributed by atoms with Gasteiger partial charge in [0.2, 0.25) is 0 Å². The van der Waals surface area contributed by atoms with Crippen LogP contribution in [-0.2, 0) is 0 Å².